The van der Waals surface area contributed by atoms with Gasteiger partial charge in [-0.25, -0.2) is 27.8 Å². The topological polar surface area (TPSA) is 137 Å². The highest BCUT2D eigenvalue weighted by atomic mass is 79.9. The van der Waals surface area contributed by atoms with Gasteiger partial charge in [-0.1, -0.05) is 0 Å². The molecule has 0 radical (unpaired) electrons. The molecule has 0 saturated carbocycles. The molecule has 170 valence electrons. The molecule has 11 nitrogen and oxygen atoms in total. The van der Waals surface area contributed by atoms with Crippen LogP contribution in [0.5, 0.6) is 0 Å². The van der Waals surface area contributed by atoms with Crippen molar-refractivity contribution in [1.82, 2.24) is 29.5 Å². The van der Waals surface area contributed by atoms with Crippen LogP contribution in [0.3, 0.4) is 0 Å². The molecular formula is C20H19BrN8O3S. The summed E-state index contributed by atoms with van der Waals surface area (Å²) in [7, 11) is -3.86. The Labute approximate surface area is 198 Å². The van der Waals surface area contributed by atoms with Gasteiger partial charge >= 0.3 is 0 Å². The van der Waals surface area contributed by atoms with Crippen LogP contribution in [0.2, 0.25) is 0 Å². The molecule has 3 heterocycles. The van der Waals surface area contributed by atoms with Crippen molar-refractivity contribution >= 4 is 43.5 Å². The van der Waals surface area contributed by atoms with Gasteiger partial charge in [0.15, 0.2) is 5.69 Å². The number of benzene rings is 1. The first-order valence-electron chi connectivity index (χ1n) is 9.67. The van der Waals surface area contributed by atoms with Crippen LogP contribution in [0.15, 0.2) is 64.4 Å². The lowest BCUT2D eigenvalue weighted by molar-refractivity contribution is 0.102. The molecule has 0 aliphatic carbocycles. The summed E-state index contributed by atoms with van der Waals surface area (Å²) in [6.45, 7) is 4.20. The van der Waals surface area contributed by atoms with E-state index in [4.69, 9.17) is 0 Å². The largest absolute Gasteiger partial charge is 0.321 e. The third-order valence-electron chi connectivity index (χ3n) is 4.66. The van der Waals surface area contributed by atoms with Crippen molar-refractivity contribution in [2.75, 3.05) is 10.0 Å². The summed E-state index contributed by atoms with van der Waals surface area (Å²) >= 11 is 3.49. The standard InChI is InChI=1S/C20H19BrN8O3S/c1-13-18(21)14(2)29(25-13)12-28-11-8-17(26-28)19(30)24-15-4-6-16(7-5-15)33(31,32)27-20-22-9-3-10-23-20/h3-11H,12H2,1-2H3,(H,24,30)(H,22,23,27). The molecule has 1 amide bonds. The molecule has 33 heavy (non-hydrogen) atoms. The van der Waals surface area contributed by atoms with Crippen molar-refractivity contribution in [2.24, 2.45) is 0 Å². The lowest BCUT2D eigenvalue weighted by Crippen LogP contribution is -2.16. The minimum Gasteiger partial charge on any atom is -0.321 e. The second kappa shape index (κ2) is 9.11. The van der Waals surface area contributed by atoms with E-state index < -0.39 is 15.9 Å². The quantitative estimate of drug-likeness (QED) is 0.374. The molecule has 4 aromatic rings. The number of anilines is 2. The highest BCUT2D eigenvalue weighted by Gasteiger charge is 2.16. The zero-order valence-corrected chi connectivity index (χ0v) is 20.0. The van der Waals surface area contributed by atoms with Crippen LogP contribution in [0.4, 0.5) is 11.6 Å². The van der Waals surface area contributed by atoms with E-state index in [0.717, 1.165) is 15.9 Å². The van der Waals surface area contributed by atoms with Crippen LogP contribution in [0.1, 0.15) is 21.9 Å². The van der Waals surface area contributed by atoms with Gasteiger partial charge < -0.3 is 5.32 Å². The molecule has 4 rings (SSSR count). The van der Waals surface area contributed by atoms with E-state index in [9.17, 15) is 13.2 Å². The Morgan fingerprint density at radius 2 is 1.76 bits per heavy atom. The molecular weight excluding hydrogens is 512 g/mol. The lowest BCUT2D eigenvalue weighted by Gasteiger charge is -2.08. The second-order valence-corrected chi connectivity index (χ2v) is 9.50. The van der Waals surface area contributed by atoms with Crippen molar-refractivity contribution in [3.05, 3.63) is 76.5 Å². The van der Waals surface area contributed by atoms with Crippen molar-refractivity contribution in [3.8, 4) is 0 Å². The van der Waals surface area contributed by atoms with E-state index in [1.165, 1.54) is 36.7 Å². The van der Waals surface area contributed by atoms with E-state index >= 15 is 0 Å². The monoisotopic (exact) mass is 530 g/mol. The Morgan fingerprint density at radius 1 is 1.06 bits per heavy atom. The average molecular weight is 531 g/mol. The summed E-state index contributed by atoms with van der Waals surface area (Å²) < 4.78 is 31.5. The van der Waals surface area contributed by atoms with Gasteiger partial charge in [0.05, 0.1) is 20.8 Å². The number of rotatable bonds is 7. The minimum absolute atomic E-state index is 0.00766. The third-order valence-corrected chi connectivity index (χ3v) is 7.15. The Balaban J connectivity index is 1.41. The number of hydrogen-bond donors (Lipinski definition) is 2. The molecule has 0 bridgehead atoms. The lowest BCUT2D eigenvalue weighted by atomic mass is 10.3. The molecule has 2 N–H and O–H groups in total. The molecule has 0 aliphatic heterocycles. The summed E-state index contributed by atoms with van der Waals surface area (Å²) in [6.07, 6.45) is 4.55. The molecule has 0 unspecified atom stereocenters. The first-order valence-corrected chi connectivity index (χ1v) is 11.9. The fraction of sp³-hybridized carbons (Fsp3) is 0.150. The van der Waals surface area contributed by atoms with Crippen LogP contribution >= 0.6 is 15.9 Å². The van der Waals surface area contributed by atoms with Gasteiger partial charge in [-0.05, 0) is 66.2 Å². The van der Waals surface area contributed by atoms with Gasteiger partial charge in [0.1, 0.15) is 6.67 Å². The average Bonchev–Trinajstić information content (AvgIpc) is 3.35. The van der Waals surface area contributed by atoms with Crippen LogP contribution < -0.4 is 10.0 Å². The number of aromatic nitrogens is 6. The van der Waals surface area contributed by atoms with Crippen molar-refractivity contribution in [3.63, 3.8) is 0 Å². The Kier molecular flexibility index (Phi) is 6.24. The molecule has 0 saturated heterocycles. The van der Waals surface area contributed by atoms with E-state index in [0.29, 0.717) is 12.4 Å². The van der Waals surface area contributed by atoms with E-state index in [1.807, 2.05) is 13.8 Å². The molecule has 0 spiro atoms. The highest BCUT2D eigenvalue weighted by molar-refractivity contribution is 9.10. The summed E-state index contributed by atoms with van der Waals surface area (Å²) in [6, 6.07) is 8.90. The number of carbonyl (C=O) groups is 1. The van der Waals surface area contributed by atoms with E-state index in [-0.39, 0.29) is 16.5 Å². The smallest absolute Gasteiger partial charge is 0.276 e. The number of nitrogens with one attached hydrogen (secondary N) is 2. The summed E-state index contributed by atoms with van der Waals surface area (Å²) in [5.74, 6) is -0.451. The van der Waals surface area contributed by atoms with Gasteiger partial charge in [-0.2, -0.15) is 10.2 Å². The van der Waals surface area contributed by atoms with Gasteiger partial charge in [-0.3, -0.25) is 9.48 Å². The Morgan fingerprint density at radius 3 is 2.39 bits per heavy atom. The van der Waals surface area contributed by atoms with Crippen molar-refractivity contribution in [2.45, 2.75) is 25.4 Å². The number of nitrogens with zero attached hydrogens (tertiary/aromatic N) is 6. The number of hydrogen-bond acceptors (Lipinski definition) is 7. The third kappa shape index (κ3) is 5.09. The van der Waals surface area contributed by atoms with Gasteiger partial charge in [0, 0.05) is 24.3 Å². The predicted octanol–water partition coefficient (Wildman–Crippen LogP) is 2.81. The normalized spacial score (nSPS) is 11.4. The number of aryl methyl sites for hydroxylation is 1. The molecule has 0 atom stereocenters. The minimum atomic E-state index is -3.86. The van der Waals surface area contributed by atoms with Crippen LogP contribution in [-0.2, 0) is 16.7 Å². The summed E-state index contributed by atoms with van der Waals surface area (Å²) in [4.78, 5) is 20.3. The Bertz CT molecular complexity index is 1400. The van der Waals surface area contributed by atoms with Gasteiger partial charge in [0.25, 0.3) is 15.9 Å². The van der Waals surface area contributed by atoms with Gasteiger partial charge in [-0.15, -0.1) is 0 Å². The fourth-order valence-electron chi connectivity index (χ4n) is 2.96. The molecule has 0 aliphatic rings. The van der Waals surface area contributed by atoms with E-state index in [2.05, 4.69) is 46.1 Å². The van der Waals surface area contributed by atoms with Crippen LogP contribution in [-0.4, -0.2) is 43.9 Å². The van der Waals surface area contributed by atoms with E-state index in [1.54, 1.807) is 27.7 Å². The zero-order valence-electron chi connectivity index (χ0n) is 17.6. The zero-order chi connectivity index (χ0) is 23.6. The number of sulfonamides is 1. The Hall–Kier alpha value is -3.58. The number of halogens is 1. The highest BCUT2D eigenvalue weighted by Crippen LogP contribution is 2.20. The van der Waals surface area contributed by atoms with Crippen molar-refractivity contribution in [1.29, 1.82) is 0 Å². The molecule has 13 heteroatoms. The summed E-state index contributed by atoms with van der Waals surface area (Å²) in [5.41, 5.74) is 2.47. The first kappa shape index (κ1) is 22.6. The van der Waals surface area contributed by atoms with Crippen LogP contribution in [0, 0.1) is 13.8 Å². The molecule has 3 aromatic heterocycles. The number of amides is 1. The fourth-order valence-corrected chi connectivity index (χ4v) is 4.20. The second-order valence-electron chi connectivity index (χ2n) is 7.02. The maximum atomic E-state index is 12.6. The number of carbonyl (C=O) groups excluding carboxylic acids is 1. The predicted molar refractivity (Wildman–Crippen MR) is 124 cm³/mol. The molecule has 0 fully saturated rings. The summed E-state index contributed by atoms with van der Waals surface area (Å²) in [5, 5.41) is 11.4. The molecule has 1 aromatic carbocycles. The van der Waals surface area contributed by atoms with Crippen LogP contribution in [0.25, 0.3) is 0 Å². The SMILES string of the molecule is Cc1nn(Cn2ccc(C(=O)Nc3ccc(S(=O)(=O)Nc4ncccn4)cc3)n2)c(C)c1Br. The maximum Gasteiger partial charge on any atom is 0.276 e. The van der Waals surface area contributed by atoms with Crippen molar-refractivity contribution < 1.29 is 13.2 Å². The first-order chi connectivity index (χ1) is 15.7. The maximum absolute atomic E-state index is 12.6. The van der Waals surface area contributed by atoms with Gasteiger partial charge in [0.2, 0.25) is 5.95 Å².